The van der Waals surface area contributed by atoms with Gasteiger partial charge < -0.3 is 20.7 Å². The quantitative estimate of drug-likeness (QED) is 0.484. The van der Waals surface area contributed by atoms with Crippen LogP contribution in [0.25, 0.3) is 11.2 Å². The molecule has 22 heavy (non-hydrogen) atoms. The van der Waals surface area contributed by atoms with Crippen molar-refractivity contribution in [2.45, 2.75) is 24.1 Å². The molecule has 2 aromatic rings. The molecule has 5 N–H and O–H groups in total. The number of hydrogen-bond acceptors (Lipinski definition) is 7. The molecule has 3 rings (SSSR count). The van der Waals surface area contributed by atoms with Gasteiger partial charge in [0.25, 0.3) is 5.56 Å². The Morgan fingerprint density at radius 3 is 3.14 bits per heavy atom. The highest BCUT2D eigenvalue weighted by molar-refractivity contribution is 5.70. The third-order valence-corrected chi connectivity index (χ3v) is 3.40. The van der Waals surface area contributed by atoms with Crippen molar-refractivity contribution >= 4 is 17.1 Å². The first-order chi connectivity index (χ1) is 11.1. The van der Waals surface area contributed by atoms with E-state index >= 15 is 4.39 Å². The number of aliphatic hydroxyl groups is 2. The Balaban J connectivity index is 2.19. The third-order valence-electron chi connectivity index (χ3n) is 3.40. The number of ether oxygens (including phenoxy) is 1. The van der Waals surface area contributed by atoms with Gasteiger partial charge >= 0.3 is 0 Å². The van der Waals surface area contributed by atoms with E-state index in [0.717, 1.165) is 10.9 Å². The van der Waals surface area contributed by atoms with Crippen LogP contribution in [0.3, 0.4) is 0 Å². The third kappa shape index (κ3) is 1.80. The second-order valence-corrected chi connectivity index (χ2v) is 4.67. The number of anilines is 1. The van der Waals surface area contributed by atoms with Crippen LogP contribution in [-0.2, 0) is 4.74 Å². The molecular formula is C12H12FN5O4. The SMILES string of the molecule is [2H]C([2H])(O)[C@H]1O[C@@H](n2cnc3c(=O)[nH]c(N)nc32)C(F)(C#C)[C@H]1O. The Kier molecular flexibility index (Phi) is 2.62. The van der Waals surface area contributed by atoms with Crippen molar-refractivity contribution in [3.05, 3.63) is 16.7 Å². The number of alkyl halides is 1. The number of rotatable bonds is 2. The molecule has 0 radical (unpaired) electrons. The fourth-order valence-electron chi connectivity index (χ4n) is 2.32. The summed E-state index contributed by atoms with van der Waals surface area (Å²) in [5.74, 6) is 1.44. The number of H-pyrrole nitrogens is 1. The smallest absolute Gasteiger partial charge is 0.280 e. The maximum absolute atomic E-state index is 15.1. The molecular weight excluding hydrogens is 297 g/mol. The van der Waals surface area contributed by atoms with Crippen LogP contribution in [0.5, 0.6) is 0 Å². The molecule has 0 aliphatic carbocycles. The standard InChI is InChI=1S/C12H12FN5O4/c1-2-12(13)7(20)5(3-19)22-10(12)18-4-15-6-8(18)16-11(14)17-9(6)21/h1,4-5,7,10,19-20H,3H2,(H3,14,16,17,21)/t5-,7+,10-,12?/m1/s1/i3D2. The number of aliphatic hydroxyl groups excluding tert-OH is 1. The molecule has 0 bridgehead atoms. The highest BCUT2D eigenvalue weighted by Gasteiger charge is 2.57. The lowest BCUT2D eigenvalue weighted by Crippen LogP contribution is -2.42. The number of aromatic nitrogens is 4. The summed E-state index contributed by atoms with van der Waals surface area (Å²) in [6.07, 6.45) is 0.202. The van der Waals surface area contributed by atoms with Gasteiger partial charge in [-0.25, -0.2) is 9.37 Å². The zero-order valence-corrected chi connectivity index (χ0v) is 10.9. The molecule has 2 aromatic heterocycles. The van der Waals surface area contributed by atoms with Gasteiger partial charge in [-0.15, -0.1) is 6.42 Å². The number of imidazole rings is 1. The van der Waals surface area contributed by atoms with E-state index in [1.165, 1.54) is 0 Å². The molecule has 1 saturated heterocycles. The summed E-state index contributed by atoms with van der Waals surface area (Å²) in [5, 5.41) is 19.4. The number of halogens is 1. The predicted molar refractivity (Wildman–Crippen MR) is 72.2 cm³/mol. The normalized spacial score (nSPS) is 33.5. The van der Waals surface area contributed by atoms with E-state index in [0.29, 0.717) is 0 Å². The zero-order chi connectivity index (χ0) is 17.9. The fraction of sp³-hybridized carbons (Fsp3) is 0.417. The molecule has 3 heterocycles. The molecule has 1 aliphatic rings. The van der Waals surface area contributed by atoms with Crippen LogP contribution < -0.4 is 11.3 Å². The summed E-state index contributed by atoms with van der Waals surface area (Å²) < 4.78 is 35.6. The van der Waals surface area contributed by atoms with Crippen molar-refractivity contribution in [2.24, 2.45) is 0 Å². The minimum absolute atomic E-state index is 0.176. The van der Waals surface area contributed by atoms with E-state index in [4.69, 9.17) is 19.6 Å². The summed E-state index contributed by atoms with van der Waals surface area (Å²) in [6.45, 7) is -3.07. The summed E-state index contributed by atoms with van der Waals surface area (Å²) in [6, 6.07) is 0. The minimum atomic E-state index is -3.07. The van der Waals surface area contributed by atoms with Crippen molar-refractivity contribution in [1.82, 2.24) is 19.5 Å². The van der Waals surface area contributed by atoms with Gasteiger partial charge in [-0.05, 0) is 0 Å². The van der Waals surface area contributed by atoms with Crippen molar-refractivity contribution < 1.29 is 22.1 Å². The topological polar surface area (TPSA) is 139 Å². The summed E-state index contributed by atoms with van der Waals surface area (Å²) in [4.78, 5) is 21.6. The summed E-state index contributed by atoms with van der Waals surface area (Å²) >= 11 is 0. The van der Waals surface area contributed by atoms with Crippen molar-refractivity contribution in [3.63, 3.8) is 0 Å². The van der Waals surface area contributed by atoms with Gasteiger partial charge in [0.15, 0.2) is 17.4 Å². The maximum Gasteiger partial charge on any atom is 0.280 e. The van der Waals surface area contributed by atoms with Crippen LogP contribution in [0.4, 0.5) is 10.3 Å². The van der Waals surface area contributed by atoms with Gasteiger partial charge in [-0.3, -0.25) is 14.3 Å². The van der Waals surface area contributed by atoms with Gasteiger partial charge in [-0.1, -0.05) is 5.92 Å². The number of nitrogens with one attached hydrogen (secondary N) is 1. The first-order valence-corrected chi connectivity index (χ1v) is 6.04. The van der Waals surface area contributed by atoms with E-state index in [9.17, 15) is 15.0 Å². The largest absolute Gasteiger partial charge is 0.394 e. The van der Waals surface area contributed by atoms with Crippen LogP contribution in [0, 0.1) is 12.3 Å². The predicted octanol–water partition coefficient (Wildman–Crippen LogP) is -1.71. The summed E-state index contributed by atoms with van der Waals surface area (Å²) in [7, 11) is 0. The van der Waals surface area contributed by atoms with Crippen LogP contribution in [0.2, 0.25) is 0 Å². The minimum Gasteiger partial charge on any atom is -0.394 e. The summed E-state index contributed by atoms with van der Waals surface area (Å²) in [5.41, 5.74) is 1.49. The molecule has 0 saturated carbocycles. The van der Waals surface area contributed by atoms with E-state index in [1.54, 1.807) is 5.92 Å². The van der Waals surface area contributed by atoms with Crippen molar-refractivity contribution in [3.8, 4) is 12.3 Å². The molecule has 0 aromatic carbocycles. The average molecular weight is 311 g/mol. The number of fused-ring (bicyclic) bond motifs is 1. The highest BCUT2D eigenvalue weighted by Crippen LogP contribution is 2.41. The molecule has 0 spiro atoms. The number of hydrogen-bond donors (Lipinski definition) is 4. The lowest BCUT2D eigenvalue weighted by atomic mass is 9.97. The monoisotopic (exact) mass is 311 g/mol. The van der Waals surface area contributed by atoms with Crippen LogP contribution in [-0.4, -0.2) is 54.2 Å². The molecule has 1 aliphatic heterocycles. The van der Waals surface area contributed by atoms with Crippen molar-refractivity contribution in [1.29, 1.82) is 0 Å². The Morgan fingerprint density at radius 2 is 2.50 bits per heavy atom. The molecule has 1 unspecified atom stereocenters. The lowest BCUT2D eigenvalue weighted by molar-refractivity contribution is -0.0504. The zero-order valence-electron chi connectivity index (χ0n) is 12.9. The Morgan fingerprint density at radius 1 is 1.77 bits per heavy atom. The first-order valence-electron chi connectivity index (χ1n) is 7.04. The highest BCUT2D eigenvalue weighted by atomic mass is 19.1. The van der Waals surface area contributed by atoms with Gasteiger partial charge in [0.2, 0.25) is 11.6 Å². The van der Waals surface area contributed by atoms with Gasteiger partial charge in [0, 0.05) is 0 Å². The number of nitrogen functional groups attached to an aromatic ring is 1. The molecule has 9 nitrogen and oxygen atoms in total. The Labute approximate surface area is 125 Å². The number of nitrogens with zero attached hydrogens (tertiary/aromatic N) is 3. The van der Waals surface area contributed by atoms with E-state index < -0.39 is 36.2 Å². The second kappa shape index (κ2) is 4.77. The van der Waals surface area contributed by atoms with E-state index in [-0.39, 0.29) is 17.1 Å². The Bertz CT molecular complexity index is 903. The first kappa shape index (κ1) is 12.1. The number of aromatic amines is 1. The van der Waals surface area contributed by atoms with Crippen LogP contribution >= 0.6 is 0 Å². The van der Waals surface area contributed by atoms with Crippen LogP contribution in [0.15, 0.2) is 11.1 Å². The molecule has 4 atom stereocenters. The van der Waals surface area contributed by atoms with Crippen LogP contribution in [0.1, 0.15) is 8.97 Å². The molecule has 10 heteroatoms. The average Bonchev–Trinajstić information content (AvgIpc) is 2.99. The Hall–Kier alpha value is -2.48. The fourth-order valence-corrected chi connectivity index (χ4v) is 2.32. The van der Waals surface area contributed by atoms with E-state index in [2.05, 4.69) is 15.0 Å². The molecule has 1 fully saturated rings. The molecule has 0 amide bonds. The lowest BCUT2D eigenvalue weighted by Gasteiger charge is -2.23. The number of nitrogens with two attached hydrogens (primary N) is 1. The van der Waals surface area contributed by atoms with E-state index in [1.807, 2.05) is 0 Å². The van der Waals surface area contributed by atoms with Crippen molar-refractivity contribution in [2.75, 3.05) is 12.3 Å². The number of terminal acetylenes is 1. The second-order valence-electron chi connectivity index (χ2n) is 4.67. The molecule has 116 valence electrons. The maximum atomic E-state index is 15.1. The van der Waals surface area contributed by atoms with Gasteiger partial charge in [0.1, 0.15) is 12.2 Å². The van der Waals surface area contributed by atoms with Gasteiger partial charge in [-0.2, -0.15) is 4.98 Å². The van der Waals surface area contributed by atoms with Gasteiger partial charge in [0.05, 0.1) is 15.6 Å².